The van der Waals surface area contributed by atoms with Gasteiger partial charge in [0.1, 0.15) is 5.78 Å². The molecule has 0 radical (unpaired) electrons. The van der Waals surface area contributed by atoms with Gasteiger partial charge in [-0.1, -0.05) is 22.0 Å². The summed E-state index contributed by atoms with van der Waals surface area (Å²) in [7, 11) is 0. The van der Waals surface area contributed by atoms with Crippen LogP contribution in [0.4, 0.5) is 13.2 Å². The molecule has 4 nitrogen and oxygen atoms in total. The number of alkyl halides is 4. The number of benzene rings is 1. The molecule has 0 amide bonds. The number of aliphatic hydroxyl groups is 1. The molecule has 8 heteroatoms. The SMILES string of the molecule is CC(=O)C(Br)c1ccc(C(F)(F)F)cc1C(O)C(=O)O. The predicted octanol–water partition coefficient (Wildman–Crippen LogP) is 2.85. The van der Waals surface area contributed by atoms with Gasteiger partial charge in [0.15, 0.2) is 6.10 Å². The van der Waals surface area contributed by atoms with E-state index >= 15 is 0 Å². The molecule has 0 aliphatic heterocycles. The molecule has 1 rings (SSSR count). The van der Waals surface area contributed by atoms with E-state index in [0.717, 1.165) is 12.1 Å². The summed E-state index contributed by atoms with van der Waals surface area (Å²) in [6.07, 6.45) is -6.82. The van der Waals surface area contributed by atoms with E-state index < -0.39 is 40.0 Å². The fraction of sp³-hybridized carbons (Fsp3) is 0.333. The van der Waals surface area contributed by atoms with Gasteiger partial charge in [-0.05, 0) is 30.2 Å². The fourth-order valence-corrected chi connectivity index (χ4v) is 1.99. The van der Waals surface area contributed by atoms with Crippen LogP contribution >= 0.6 is 15.9 Å². The zero-order valence-corrected chi connectivity index (χ0v) is 11.7. The second kappa shape index (κ2) is 5.92. The number of Topliss-reactive ketones (excluding diaryl/α,β-unsaturated/α-hetero) is 1. The number of hydrogen-bond acceptors (Lipinski definition) is 3. The molecule has 0 saturated heterocycles. The van der Waals surface area contributed by atoms with Crippen molar-refractivity contribution in [3.05, 3.63) is 34.9 Å². The van der Waals surface area contributed by atoms with Crippen LogP contribution in [0.5, 0.6) is 0 Å². The molecule has 2 unspecified atom stereocenters. The van der Waals surface area contributed by atoms with Crippen molar-refractivity contribution in [2.24, 2.45) is 0 Å². The Hall–Kier alpha value is -1.41. The third-order valence-corrected chi connectivity index (χ3v) is 3.71. The highest BCUT2D eigenvalue weighted by Gasteiger charge is 2.33. The number of halogens is 4. The maximum absolute atomic E-state index is 12.6. The van der Waals surface area contributed by atoms with E-state index in [1.54, 1.807) is 0 Å². The van der Waals surface area contributed by atoms with Crippen LogP contribution in [-0.2, 0) is 15.8 Å². The maximum Gasteiger partial charge on any atom is 0.416 e. The first kappa shape index (κ1) is 16.6. The van der Waals surface area contributed by atoms with Crippen molar-refractivity contribution in [3.8, 4) is 0 Å². The third-order valence-electron chi connectivity index (χ3n) is 2.57. The Kier molecular flexibility index (Phi) is 4.93. The molecule has 0 aliphatic carbocycles. The molecule has 0 fully saturated rings. The molecular formula is C12H10BrF3O4. The van der Waals surface area contributed by atoms with Crippen LogP contribution in [0.3, 0.4) is 0 Å². The number of aliphatic hydroxyl groups excluding tert-OH is 1. The maximum atomic E-state index is 12.6. The second-order valence-corrected chi connectivity index (χ2v) is 4.97. The molecule has 0 saturated carbocycles. The Labute approximate surface area is 120 Å². The minimum Gasteiger partial charge on any atom is -0.479 e. The zero-order chi connectivity index (χ0) is 15.7. The molecule has 110 valence electrons. The van der Waals surface area contributed by atoms with Crippen LogP contribution in [-0.4, -0.2) is 22.0 Å². The van der Waals surface area contributed by atoms with Crippen molar-refractivity contribution in [2.75, 3.05) is 0 Å². The van der Waals surface area contributed by atoms with E-state index in [4.69, 9.17) is 5.11 Å². The summed E-state index contributed by atoms with van der Waals surface area (Å²) in [6.45, 7) is 1.19. The quantitative estimate of drug-likeness (QED) is 0.815. The van der Waals surface area contributed by atoms with Gasteiger partial charge < -0.3 is 10.2 Å². The topological polar surface area (TPSA) is 74.6 Å². The lowest BCUT2D eigenvalue weighted by molar-refractivity contribution is -0.147. The van der Waals surface area contributed by atoms with Crippen LogP contribution in [0.2, 0.25) is 0 Å². The zero-order valence-electron chi connectivity index (χ0n) is 10.1. The highest BCUT2D eigenvalue weighted by atomic mass is 79.9. The van der Waals surface area contributed by atoms with Crippen molar-refractivity contribution in [2.45, 2.75) is 24.0 Å². The highest BCUT2D eigenvalue weighted by molar-refractivity contribution is 9.09. The van der Waals surface area contributed by atoms with E-state index in [1.165, 1.54) is 6.92 Å². The number of rotatable bonds is 4. The van der Waals surface area contributed by atoms with E-state index in [2.05, 4.69) is 15.9 Å². The smallest absolute Gasteiger partial charge is 0.416 e. The van der Waals surface area contributed by atoms with Crippen molar-refractivity contribution in [3.63, 3.8) is 0 Å². The van der Waals surface area contributed by atoms with Gasteiger partial charge in [0.2, 0.25) is 0 Å². The first-order chi connectivity index (χ1) is 9.05. The van der Waals surface area contributed by atoms with Gasteiger partial charge in [-0.15, -0.1) is 0 Å². The first-order valence-corrected chi connectivity index (χ1v) is 6.23. The number of carbonyl (C=O) groups excluding carboxylic acids is 1. The van der Waals surface area contributed by atoms with Crippen molar-refractivity contribution < 1.29 is 33.0 Å². The molecule has 2 N–H and O–H groups in total. The Morgan fingerprint density at radius 2 is 1.80 bits per heavy atom. The van der Waals surface area contributed by atoms with Gasteiger partial charge in [-0.25, -0.2) is 4.79 Å². The number of carboxylic acids is 1. The fourth-order valence-electron chi connectivity index (χ4n) is 1.57. The van der Waals surface area contributed by atoms with Crippen LogP contribution in [0, 0.1) is 0 Å². The molecular weight excluding hydrogens is 345 g/mol. The average molecular weight is 355 g/mol. The molecule has 1 aromatic rings. The summed E-state index contributed by atoms with van der Waals surface area (Å²) in [5.74, 6) is -2.13. The van der Waals surface area contributed by atoms with E-state index in [1.807, 2.05) is 0 Å². The van der Waals surface area contributed by atoms with Crippen LogP contribution in [0.25, 0.3) is 0 Å². The number of hydrogen-bond donors (Lipinski definition) is 2. The summed E-state index contributed by atoms with van der Waals surface area (Å²) in [5, 5.41) is 18.2. The summed E-state index contributed by atoms with van der Waals surface area (Å²) in [6, 6.07) is 2.24. The molecule has 1 aromatic carbocycles. The first-order valence-electron chi connectivity index (χ1n) is 5.32. The minimum atomic E-state index is -4.68. The van der Waals surface area contributed by atoms with Gasteiger partial charge in [0.05, 0.1) is 10.4 Å². The van der Waals surface area contributed by atoms with Crippen LogP contribution in [0.1, 0.15) is 34.5 Å². The lowest BCUT2D eigenvalue weighted by Gasteiger charge is -2.17. The third kappa shape index (κ3) is 3.57. The normalized spacial score (nSPS) is 14.7. The van der Waals surface area contributed by atoms with Gasteiger partial charge in [0, 0.05) is 0 Å². The molecule has 0 aliphatic rings. The molecule has 0 bridgehead atoms. The standard InChI is InChI=1S/C12H10BrF3O4/c1-5(17)9(13)7-3-2-6(12(14,15)16)4-8(7)10(18)11(19)20/h2-4,9-10,18H,1H3,(H,19,20). The number of ketones is 1. The molecule has 0 spiro atoms. The second-order valence-electron chi connectivity index (χ2n) is 4.06. The molecule has 0 heterocycles. The van der Waals surface area contributed by atoms with Crippen molar-refractivity contribution in [1.82, 2.24) is 0 Å². The monoisotopic (exact) mass is 354 g/mol. The van der Waals surface area contributed by atoms with E-state index in [-0.39, 0.29) is 5.56 Å². The van der Waals surface area contributed by atoms with E-state index in [9.17, 15) is 27.9 Å². The minimum absolute atomic E-state index is 0.0135. The van der Waals surface area contributed by atoms with Gasteiger partial charge >= 0.3 is 12.1 Å². The summed E-state index contributed by atoms with van der Waals surface area (Å²) in [5.41, 5.74) is -1.58. The van der Waals surface area contributed by atoms with Crippen LogP contribution in [0.15, 0.2) is 18.2 Å². The van der Waals surface area contributed by atoms with Gasteiger partial charge in [-0.3, -0.25) is 4.79 Å². The number of carboxylic acid groups (broad SMARTS) is 1. The largest absolute Gasteiger partial charge is 0.479 e. The summed E-state index contributed by atoms with van der Waals surface area (Å²) < 4.78 is 37.8. The Morgan fingerprint density at radius 1 is 1.25 bits per heavy atom. The number of carbonyl (C=O) groups is 2. The van der Waals surface area contributed by atoms with Gasteiger partial charge in [-0.2, -0.15) is 13.2 Å². The average Bonchev–Trinajstić information content (AvgIpc) is 2.34. The lowest BCUT2D eigenvalue weighted by atomic mass is 9.96. The predicted molar refractivity (Wildman–Crippen MR) is 66.4 cm³/mol. The number of aliphatic carboxylic acids is 1. The van der Waals surface area contributed by atoms with Gasteiger partial charge in [0.25, 0.3) is 0 Å². The Bertz CT molecular complexity index is 542. The summed E-state index contributed by atoms with van der Waals surface area (Å²) in [4.78, 5) is 21.1. The molecule has 0 aromatic heterocycles. The van der Waals surface area contributed by atoms with Crippen LogP contribution < -0.4 is 0 Å². The van der Waals surface area contributed by atoms with Crippen molar-refractivity contribution >= 4 is 27.7 Å². The Morgan fingerprint density at radius 3 is 2.20 bits per heavy atom. The lowest BCUT2D eigenvalue weighted by Crippen LogP contribution is -2.17. The Balaban J connectivity index is 3.46. The summed E-state index contributed by atoms with van der Waals surface area (Å²) >= 11 is 2.96. The highest BCUT2D eigenvalue weighted by Crippen LogP contribution is 2.36. The molecule has 20 heavy (non-hydrogen) atoms. The van der Waals surface area contributed by atoms with Crippen molar-refractivity contribution in [1.29, 1.82) is 0 Å². The molecule has 2 atom stereocenters. The van der Waals surface area contributed by atoms with E-state index in [0.29, 0.717) is 6.07 Å².